The van der Waals surface area contributed by atoms with Crippen LogP contribution in [-0.4, -0.2) is 35.5 Å². The average molecular weight is 348 g/mol. The molecule has 0 amide bonds. The van der Waals surface area contributed by atoms with E-state index < -0.39 is 0 Å². The highest BCUT2D eigenvalue weighted by molar-refractivity contribution is 5.49. The number of fused-ring (bicyclic) bond motifs is 2. The molecule has 130 valence electrons. The number of tetrazole rings is 1. The van der Waals surface area contributed by atoms with Gasteiger partial charge in [0.05, 0.1) is 0 Å². The number of aromatic nitrogens is 7. The lowest BCUT2D eigenvalue weighted by Gasteiger charge is -2.35. The molecule has 0 spiro atoms. The molecule has 1 unspecified atom stereocenters. The molecule has 0 bridgehead atoms. The van der Waals surface area contributed by atoms with Crippen molar-refractivity contribution < 1.29 is 4.42 Å². The summed E-state index contributed by atoms with van der Waals surface area (Å²) in [6.45, 7) is 2.70. The maximum Gasteiger partial charge on any atom is 0.239 e. The first kappa shape index (κ1) is 14.9. The molecule has 0 fully saturated rings. The molecule has 1 aromatic carbocycles. The van der Waals surface area contributed by atoms with E-state index in [-0.39, 0.29) is 6.04 Å². The Morgan fingerprint density at radius 2 is 1.96 bits per heavy atom. The van der Waals surface area contributed by atoms with Gasteiger partial charge in [-0.25, -0.2) is 0 Å². The maximum atomic E-state index is 5.87. The number of rotatable bonds is 3. The summed E-state index contributed by atoms with van der Waals surface area (Å²) in [6, 6.07) is 12.1. The van der Waals surface area contributed by atoms with Crippen LogP contribution in [0.1, 0.15) is 35.9 Å². The largest absolute Gasteiger partial charge is 0.423 e. The van der Waals surface area contributed by atoms with Gasteiger partial charge in [0.15, 0.2) is 11.5 Å². The Hall–Kier alpha value is -3.36. The zero-order valence-corrected chi connectivity index (χ0v) is 14.1. The molecule has 4 heterocycles. The van der Waals surface area contributed by atoms with E-state index in [1.54, 1.807) is 0 Å². The van der Waals surface area contributed by atoms with Crippen LogP contribution in [0, 0.1) is 0 Å². The van der Waals surface area contributed by atoms with Gasteiger partial charge in [0.25, 0.3) is 0 Å². The SMILES string of the molecule is CCc1nnc(C2Cc3ccccc3CN2c2ccc3nnnn3n2)o1. The standard InChI is InChI=1S/C17H16N8O/c1-2-16-19-20-17(26-16)13-9-11-5-3-4-6-12(11)10-24(13)15-8-7-14-18-22-23-25(14)21-15/h3-8,13H,2,9-10H2,1H3. The summed E-state index contributed by atoms with van der Waals surface area (Å²) in [6.07, 6.45) is 1.49. The predicted molar refractivity (Wildman–Crippen MR) is 91.3 cm³/mol. The van der Waals surface area contributed by atoms with Crippen LogP contribution in [0.4, 0.5) is 5.82 Å². The van der Waals surface area contributed by atoms with Crippen LogP contribution in [0.25, 0.3) is 5.65 Å². The summed E-state index contributed by atoms with van der Waals surface area (Å²) >= 11 is 0. The summed E-state index contributed by atoms with van der Waals surface area (Å²) in [5, 5.41) is 24.4. The number of hydrogen-bond acceptors (Lipinski definition) is 8. The Morgan fingerprint density at radius 1 is 1.08 bits per heavy atom. The highest BCUT2D eigenvalue weighted by atomic mass is 16.4. The van der Waals surface area contributed by atoms with Gasteiger partial charge in [-0.1, -0.05) is 31.2 Å². The monoisotopic (exact) mass is 348 g/mol. The van der Waals surface area contributed by atoms with E-state index in [1.807, 2.05) is 19.1 Å². The van der Waals surface area contributed by atoms with Crippen LogP contribution in [0.15, 0.2) is 40.8 Å². The molecule has 26 heavy (non-hydrogen) atoms. The Labute approximate surface area is 148 Å². The smallest absolute Gasteiger partial charge is 0.239 e. The van der Waals surface area contributed by atoms with Gasteiger partial charge in [0.1, 0.15) is 6.04 Å². The lowest BCUT2D eigenvalue weighted by atomic mass is 9.94. The number of nitrogens with zero attached hydrogens (tertiary/aromatic N) is 8. The summed E-state index contributed by atoms with van der Waals surface area (Å²) in [4.78, 5) is 2.16. The molecule has 0 saturated heterocycles. The lowest BCUT2D eigenvalue weighted by molar-refractivity contribution is 0.395. The third kappa shape index (κ3) is 2.40. The van der Waals surface area contributed by atoms with Gasteiger partial charge in [0, 0.05) is 19.4 Å². The quantitative estimate of drug-likeness (QED) is 0.552. The highest BCUT2D eigenvalue weighted by Gasteiger charge is 2.32. The minimum atomic E-state index is -0.0841. The number of hydrogen-bond donors (Lipinski definition) is 0. The third-order valence-corrected chi connectivity index (χ3v) is 4.67. The summed E-state index contributed by atoms with van der Waals surface area (Å²) < 4.78 is 7.30. The number of benzene rings is 1. The Kier molecular flexibility index (Phi) is 3.37. The first-order chi connectivity index (χ1) is 12.8. The van der Waals surface area contributed by atoms with Gasteiger partial charge in [-0.05, 0) is 33.7 Å². The summed E-state index contributed by atoms with van der Waals surface area (Å²) in [5.74, 6) is 2.01. The molecule has 0 aliphatic carbocycles. The van der Waals surface area contributed by atoms with Crippen LogP contribution in [0.3, 0.4) is 0 Å². The fraction of sp³-hybridized carbons (Fsp3) is 0.294. The molecule has 0 N–H and O–H groups in total. The van der Waals surface area contributed by atoms with Crippen molar-refractivity contribution >= 4 is 11.5 Å². The van der Waals surface area contributed by atoms with Crippen LogP contribution >= 0.6 is 0 Å². The zero-order chi connectivity index (χ0) is 17.5. The van der Waals surface area contributed by atoms with Gasteiger partial charge in [-0.15, -0.1) is 25.0 Å². The second-order valence-corrected chi connectivity index (χ2v) is 6.22. The first-order valence-electron chi connectivity index (χ1n) is 8.53. The van der Waals surface area contributed by atoms with Crippen molar-refractivity contribution in [3.8, 4) is 0 Å². The van der Waals surface area contributed by atoms with Gasteiger partial charge in [-0.3, -0.25) is 0 Å². The molecule has 9 nitrogen and oxygen atoms in total. The van der Waals surface area contributed by atoms with Crippen molar-refractivity contribution in [1.82, 2.24) is 35.5 Å². The van der Waals surface area contributed by atoms with Gasteiger partial charge in [0.2, 0.25) is 11.8 Å². The van der Waals surface area contributed by atoms with Crippen LogP contribution in [-0.2, 0) is 19.4 Å². The number of aryl methyl sites for hydroxylation is 1. The molecule has 9 heteroatoms. The minimum absolute atomic E-state index is 0.0841. The summed E-state index contributed by atoms with van der Waals surface area (Å²) in [7, 11) is 0. The van der Waals surface area contributed by atoms with E-state index in [1.165, 1.54) is 15.8 Å². The van der Waals surface area contributed by atoms with Crippen molar-refractivity contribution in [3.05, 3.63) is 59.3 Å². The lowest BCUT2D eigenvalue weighted by Crippen LogP contribution is -2.35. The van der Waals surface area contributed by atoms with Crippen molar-refractivity contribution in [2.75, 3.05) is 4.90 Å². The summed E-state index contributed by atoms with van der Waals surface area (Å²) in [5.41, 5.74) is 3.15. The zero-order valence-electron chi connectivity index (χ0n) is 14.1. The van der Waals surface area contributed by atoms with Gasteiger partial charge < -0.3 is 9.32 Å². The first-order valence-corrected chi connectivity index (χ1v) is 8.53. The number of anilines is 1. The topological polar surface area (TPSA) is 98.1 Å². The van der Waals surface area contributed by atoms with Crippen LogP contribution in [0.5, 0.6) is 0 Å². The van der Waals surface area contributed by atoms with Gasteiger partial charge in [-0.2, -0.15) is 0 Å². The van der Waals surface area contributed by atoms with Crippen LogP contribution in [0.2, 0.25) is 0 Å². The van der Waals surface area contributed by atoms with E-state index in [4.69, 9.17) is 4.42 Å². The Morgan fingerprint density at radius 3 is 2.81 bits per heavy atom. The van der Waals surface area contributed by atoms with E-state index in [2.05, 4.69) is 60.0 Å². The molecule has 4 aromatic rings. The molecule has 0 radical (unpaired) electrons. The molecule has 0 saturated carbocycles. The maximum absolute atomic E-state index is 5.87. The van der Waals surface area contributed by atoms with Crippen molar-refractivity contribution in [2.45, 2.75) is 32.4 Å². The molecule has 1 aliphatic heterocycles. The minimum Gasteiger partial charge on any atom is -0.423 e. The Balaban J connectivity index is 1.61. The predicted octanol–water partition coefficient (Wildman–Crippen LogP) is 1.77. The van der Waals surface area contributed by atoms with Gasteiger partial charge >= 0.3 is 0 Å². The van der Waals surface area contributed by atoms with Crippen molar-refractivity contribution in [2.24, 2.45) is 0 Å². The van der Waals surface area contributed by atoms with E-state index in [0.29, 0.717) is 30.4 Å². The van der Waals surface area contributed by atoms with E-state index >= 15 is 0 Å². The highest BCUT2D eigenvalue weighted by Crippen LogP contribution is 2.35. The van der Waals surface area contributed by atoms with E-state index in [9.17, 15) is 0 Å². The molecule has 5 rings (SSSR count). The second kappa shape index (κ2) is 5.87. The molecule has 3 aromatic heterocycles. The Bertz CT molecular complexity index is 1070. The third-order valence-electron chi connectivity index (χ3n) is 4.67. The molecule has 1 aliphatic rings. The molecular formula is C17H16N8O. The van der Waals surface area contributed by atoms with Crippen molar-refractivity contribution in [1.29, 1.82) is 0 Å². The normalized spacial score (nSPS) is 16.8. The second-order valence-electron chi connectivity index (χ2n) is 6.22. The van der Waals surface area contributed by atoms with Crippen molar-refractivity contribution in [3.63, 3.8) is 0 Å². The molecule has 1 atom stereocenters. The van der Waals surface area contributed by atoms with E-state index in [0.717, 1.165) is 12.2 Å². The fourth-order valence-corrected chi connectivity index (χ4v) is 3.32. The fourth-order valence-electron chi connectivity index (χ4n) is 3.32. The van der Waals surface area contributed by atoms with Crippen LogP contribution < -0.4 is 4.90 Å². The molecular weight excluding hydrogens is 332 g/mol. The average Bonchev–Trinajstić information content (AvgIpc) is 3.35.